The normalized spacial score (nSPS) is 19.1. The van der Waals surface area contributed by atoms with Crippen LogP contribution in [0.25, 0.3) is 0 Å². The van der Waals surface area contributed by atoms with Gasteiger partial charge >= 0.3 is 6.98 Å². The molecule has 2 nitrogen and oxygen atoms in total. The first kappa shape index (κ1) is 13.6. The van der Waals surface area contributed by atoms with E-state index in [0.717, 1.165) is 26.1 Å². The first-order valence-corrected chi connectivity index (χ1v) is 5.53. The molecular weight excluding hydrogens is 218 g/mol. The molecule has 0 saturated carbocycles. The molecule has 0 amide bonds. The molecule has 1 fully saturated rings. The van der Waals surface area contributed by atoms with Crippen molar-refractivity contribution >= 4 is 6.98 Å². The lowest BCUT2D eigenvalue weighted by molar-refractivity contribution is 0.0567. The van der Waals surface area contributed by atoms with E-state index in [1.54, 1.807) is 11.9 Å². The molecule has 0 N–H and O–H groups in total. The molecule has 6 heteroatoms. The summed E-state index contributed by atoms with van der Waals surface area (Å²) in [6, 6.07) is 0. The van der Waals surface area contributed by atoms with Gasteiger partial charge in [0.25, 0.3) is 0 Å². The Bertz CT molecular complexity index is 239. The average molecular weight is 236 g/mol. The van der Waals surface area contributed by atoms with Crippen LogP contribution in [0.15, 0.2) is 12.1 Å². The van der Waals surface area contributed by atoms with Crippen molar-refractivity contribution in [2.45, 2.75) is 12.8 Å². The van der Waals surface area contributed by atoms with Crippen LogP contribution in [0.2, 0.25) is 0 Å². The van der Waals surface area contributed by atoms with Crippen LogP contribution in [-0.4, -0.2) is 45.2 Å². The maximum Gasteiger partial charge on any atom is 0.506 e. The lowest BCUT2D eigenvalue weighted by atomic mass is 9.80. The zero-order chi connectivity index (χ0) is 12.2. The zero-order valence-corrected chi connectivity index (χ0v) is 9.59. The first-order chi connectivity index (χ1) is 7.39. The molecule has 1 aliphatic rings. The van der Waals surface area contributed by atoms with Gasteiger partial charge in [-0.1, -0.05) is 0 Å². The van der Waals surface area contributed by atoms with E-state index in [-0.39, 0.29) is 6.54 Å². The Morgan fingerprint density at radius 1 is 1.38 bits per heavy atom. The van der Waals surface area contributed by atoms with E-state index >= 15 is 0 Å². The van der Waals surface area contributed by atoms with Crippen molar-refractivity contribution in [3.05, 3.63) is 12.1 Å². The van der Waals surface area contributed by atoms with Crippen LogP contribution in [0, 0.1) is 5.92 Å². The Hall–Kier alpha value is -0.485. The molecule has 0 aromatic heterocycles. The molecule has 1 rings (SSSR count). The summed E-state index contributed by atoms with van der Waals surface area (Å²) in [5, 5.41) is 0. The van der Waals surface area contributed by atoms with E-state index in [1.807, 2.05) is 0 Å². The average Bonchev–Trinajstić information content (AvgIpc) is 2.17. The van der Waals surface area contributed by atoms with Crippen LogP contribution in [0.1, 0.15) is 12.8 Å². The Kier molecular flexibility index (Phi) is 4.86. The summed E-state index contributed by atoms with van der Waals surface area (Å²) >= 11 is 0. The maximum atomic E-state index is 12.3. The number of ether oxygens (including phenoxy) is 1. The van der Waals surface area contributed by atoms with E-state index in [0.29, 0.717) is 12.5 Å². The van der Waals surface area contributed by atoms with Gasteiger partial charge in [0.2, 0.25) is 0 Å². The van der Waals surface area contributed by atoms with Crippen molar-refractivity contribution < 1.29 is 17.7 Å². The van der Waals surface area contributed by atoms with Gasteiger partial charge in [0.15, 0.2) is 0 Å². The minimum absolute atomic E-state index is 0.0825. The van der Waals surface area contributed by atoms with E-state index in [9.17, 15) is 12.9 Å². The van der Waals surface area contributed by atoms with E-state index in [1.165, 1.54) is 0 Å². The number of rotatable bonds is 5. The highest BCUT2D eigenvalue weighted by atomic mass is 19.4. The third kappa shape index (κ3) is 4.57. The van der Waals surface area contributed by atoms with Gasteiger partial charge in [-0.2, -0.15) is 0 Å². The minimum Gasteiger partial charge on any atom is -0.445 e. The Morgan fingerprint density at radius 3 is 2.44 bits per heavy atom. The predicted molar refractivity (Wildman–Crippen MR) is 59.3 cm³/mol. The lowest BCUT2D eigenvalue weighted by Gasteiger charge is -2.29. The van der Waals surface area contributed by atoms with Crippen molar-refractivity contribution in [1.82, 2.24) is 4.90 Å². The largest absolute Gasteiger partial charge is 0.506 e. The van der Waals surface area contributed by atoms with Gasteiger partial charge < -0.3 is 22.6 Å². The molecule has 0 aromatic carbocycles. The van der Waals surface area contributed by atoms with Crippen molar-refractivity contribution in [1.29, 1.82) is 0 Å². The van der Waals surface area contributed by atoms with Crippen LogP contribution in [0.3, 0.4) is 0 Å². The Morgan fingerprint density at radius 2 is 1.94 bits per heavy atom. The summed E-state index contributed by atoms with van der Waals surface area (Å²) in [5.74, 6) is 0.451. The molecule has 0 aliphatic carbocycles. The second kappa shape index (κ2) is 5.73. The second-order valence-electron chi connectivity index (χ2n) is 4.49. The van der Waals surface area contributed by atoms with Crippen LogP contribution >= 0.6 is 0 Å². The second-order valence-corrected chi connectivity index (χ2v) is 4.49. The highest BCUT2D eigenvalue weighted by molar-refractivity contribution is 6.66. The third-order valence-electron chi connectivity index (χ3n) is 2.85. The fourth-order valence-corrected chi connectivity index (χ4v) is 1.88. The van der Waals surface area contributed by atoms with E-state index in [4.69, 9.17) is 4.74 Å². The van der Waals surface area contributed by atoms with Crippen LogP contribution < -0.4 is 0 Å². The van der Waals surface area contributed by atoms with Gasteiger partial charge in [-0.15, -0.1) is 12.1 Å². The Balaban J connectivity index is 2.29. The SMILES string of the molecule is C=C(CN(C)CC1CCOCC1)[B-](F)(F)F. The summed E-state index contributed by atoms with van der Waals surface area (Å²) in [6.45, 7) is 0.259. The topological polar surface area (TPSA) is 12.5 Å². The van der Waals surface area contributed by atoms with Gasteiger partial charge in [0.1, 0.15) is 0 Å². The molecule has 1 saturated heterocycles. The number of halogens is 3. The van der Waals surface area contributed by atoms with Crippen molar-refractivity contribution in [2.24, 2.45) is 5.92 Å². The van der Waals surface area contributed by atoms with Gasteiger partial charge in [-0.3, -0.25) is 0 Å². The molecule has 1 aliphatic heterocycles. The van der Waals surface area contributed by atoms with Gasteiger partial charge in [-0.05, 0) is 32.4 Å². The quantitative estimate of drug-likeness (QED) is 0.679. The van der Waals surface area contributed by atoms with Crippen molar-refractivity contribution in [3.8, 4) is 0 Å². The summed E-state index contributed by atoms with van der Waals surface area (Å²) in [5.41, 5.74) is -0.616. The van der Waals surface area contributed by atoms with E-state index < -0.39 is 12.4 Å². The molecule has 16 heavy (non-hydrogen) atoms. The Labute approximate surface area is 94.5 Å². The first-order valence-electron chi connectivity index (χ1n) is 5.53. The van der Waals surface area contributed by atoms with Gasteiger partial charge in [0.05, 0.1) is 0 Å². The number of hydrogen-bond acceptors (Lipinski definition) is 2. The summed E-state index contributed by atoms with van der Waals surface area (Å²) in [4.78, 5) is 1.70. The van der Waals surface area contributed by atoms with Crippen molar-refractivity contribution in [2.75, 3.05) is 33.4 Å². The minimum atomic E-state index is -4.89. The fourth-order valence-electron chi connectivity index (χ4n) is 1.88. The highest BCUT2D eigenvalue weighted by Crippen LogP contribution is 2.20. The predicted octanol–water partition coefficient (Wildman–Crippen LogP) is 2.29. The standard InChI is InChI=1S/C10H18BF3NO/c1-9(11(12,13)14)7-15(2)8-10-3-5-16-6-4-10/h10H,1,3-8H2,2H3/q-1. The summed E-state index contributed by atoms with van der Waals surface area (Å²) in [6.07, 6.45) is 1.88. The molecule has 1 heterocycles. The molecule has 94 valence electrons. The molecule has 0 bridgehead atoms. The number of likely N-dealkylation sites (N-methyl/N-ethyl adjacent to an activating group) is 1. The van der Waals surface area contributed by atoms with Crippen LogP contribution in [-0.2, 0) is 4.74 Å². The van der Waals surface area contributed by atoms with Crippen LogP contribution in [0.5, 0.6) is 0 Å². The smallest absolute Gasteiger partial charge is 0.445 e. The summed E-state index contributed by atoms with van der Waals surface area (Å²) in [7, 11) is 1.71. The van der Waals surface area contributed by atoms with Gasteiger partial charge in [-0.25, -0.2) is 0 Å². The number of nitrogens with zero attached hydrogens (tertiary/aromatic N) is 1. The third-order valence-corrected chi connectivity index (χ3v) is 2.85. The zero-order valence-electron chi connectivity index (χ0n) is 9.59. The molecule has 0 spiro atoms. The lowest BCUT2D eigenvalue weighted by Crippen LogP contribution is -2.34. The van der Waals surface area contributed by atoms with Gasteiger partial charge in [0, 0.05) is 19.8 Å². The summed E-state index contributed by atoms with van der Waals surface area (Å²) < 4.78 is 42.1. The molecule has 0 atom stereocenters. The molecule has 0 radical (unpaired) electrons. The molecule has 0 unspecified atom stereocenters. The molecular formula is C10H18BF3NO-. The van der Waals surface area contributed by atoms with E-state index in [2.05, 4.69) is 6.58 Å². The van der Waals surface area contributed by atoms with Crippen LogP contribution in [0.4, 0.5) is 12.9 Å². The maximum absolute atomic E-state index is 12.3. The highest BCUT2D eigenvalue weighted by Gasteiger charge is 2.27. The number of hydrogen-bond donors (Lipinski definition) is 0. The fraction of sp³-hybridized carbons (Fsp3) is 0.800. The monoisotopic (exact) mass is 236 g/mol. The molecule has 0 aromatic rings. The van der Waals surface area contributed by atoms with Crippen molar-refractivity contribution in [3.63, 3.8) is 0 Å².